The quantitative estimate of drug-likeness (QED) is 0.796. The molecule has 1 nitrogen and oxygen atoms in total. The van der Waals surface area contributed by atoms with Crippen molar-refractivity contribution in [3.05, 3.63) is 29.8 Å². The van der Waals surface area contributed by atoms with Crippen LogP contribution in [0.15, 0.2) is 29.2 Å². The van der Waals surface area contributed by atoms with Gasteiger partial charge in [0.1, 0.15) is 0 Å². The van der Waals surface area contributed by atoms with Crippen molar-refractivity contribution in [3.63, 3.8) is 0 Å². The van der Waals surface area contributed by atoms with Crippen molar-refractivity contribution < 1.29 is 0 Å². The van der Waals surface area contributed by atoms with Gasteiger partial charge >= 0.3 is 0 Å². The van der Waals surface area contributed by atoms with Crippen molar-refractivity contribution in [3.8, 4) is 0 Å². The van der Waals surface area contributed by atoms with Crippen molar-refractivity contribution in [2.45, 2.75) is 28.4 Å². The predicted molar refractivity (Wildman–Crippen MR) is 60.9 cm³/mol. The van der Waals surface area contributed by atoms with Gasteiger partial charge in [0.05, 0.1) is 0 Å². The zero-order chi connectivity index (χ0) is 9.60. The fraction of sp³-hybridized carbons (Fsp3) is 0.500. The van der Waals surface area contributed by atoms with Crippen molar-refractivity contribution in [2.24, 2.45) is 0 Å². The highest BCUT2D eigenvalue weighted by Crippen LogP contribution is 2.65. The van der Waals surface area contributed by atoms with Crippen LogP contribution in [0.5, 0.6) is 0 Å². The average molecular weight is 205 g/mol. The van der Waals surface area contributed by atoms with Crippen molar-refractivity contribution >= 4 is 11.8 Å². The van der Waals surface area contributed by atoms with Gasteiger partial charge in [0.15, 0.2) is 0 Å². The fourth-order valence-corrected chi connectivity index (χ4v) is 4.08. The molecule has 0 aromatic heterocycles. The molecule has 1 saturated carbocycles. The molecule has 14 heavy (non-hydrogen) atoms. The highest BCUT2D eigenvalue weighted by atomic mass is 32.2. The van der Waals surface area contributed by atoms with Crippen LogP contribution in [0.2, 0.25) is 0 Å². The summed E-state index contributed by atoms with van der Waals surface area (Å²) in [5, 5.41) is 3.33. The van der Waals surface area contributed by atoms with Gasteiger partial charge in [-0.1, -0.05) is 18.2 Å². The van der Waals surface area contributed by atoms with Crippen LogP contribution in [-0.2, 0) is 0 Å². The Kier molecular flexibility index (Phi) is 1.89. The van der Waals surface area contributed by atoms with E-state index in [1.165, 1.54) is 17.7 Å². The minimum atomic E-state index is 0.576. The average Bonchev–Trinajstić information content (AvgIpc) is 2.89. The van der Waals surface area contributed by atoms with Gasteiger partial charge in [0, 0.05) is 22.1 Å². The summed E-state index contributed by atoms with van der Waals surface area (Å²) < 4.78 is 0.576. The van der Waals surface area contributed by atoms with Crippen LogP contribution in [0.25, 0.3) is 0 Å². The molecule has 2 aliphatic rings. The van der Waals surface area contributed by atoms with E-state index >= 15 is 0 Å². The Labute approximate surface area is 89.3 Å². The first-order chi connectivity index (χ1) is 6.86. The van der Waals surface area contributed by atoms with Crippen LogP contribution in [0.3, 0.4) is 0 Å². The van der Waals surface area contributed by atoms with Crippen LogP contribution >= 0.6 is 11.8 Å². The Balaban J connectivity index is 2.00. The third kappa shape index (κ3) is 1.14. The predicted octanol–water partition coefficient (Wildman–Crippen LogP) is 2.63. The summed E-state index contributed by atoms with van der Waals surface area (Å²) >= 11 is 2.11. The lowest BCUT2D eigenvalue weighted by Crippen LogP contribution is -2.23. The molecule has 0 amide bonds. The summed E-state index contributed by atoms with van der Waals surface area (Å²) in [6, 6.07) is 8.90. The van der Waals surface area contributed by atoms with Crippen molar-refractivity contribution in [1.29, 1.82) is 0 Å². The Morgan fingerprint density at radius 1 is 1.43 bits per heavy atom. The van der Waals surface area contributed by atoms with E-state index in [4.69, 9.17) is 0 Å². The maximum absolute atomic E-state index is 3.33. The Morgan fingerprint density at radius 2 is 2.21 bits per heavy atom. The maximum Gasteiger partial charge on any atom is 0.0289 e. The smallest absolute Gasteiger partial charge is 0.0289 e. The molecule has 1 heterocycles. The Hall–Kier alpha value is -0.470. The maximum atomic E-state index is 3.33. The lowest BCUT2D eigenvalue weighted by Gasteiger charge is -2.17. The lowest BCUT2D eigenvalue weighted by atomic mass is 9.94. The van der Waals surface area contributed by atoms with E-state index in [2.05, 4.69) is 48.4 Å². The molecule has 2 heteroatoms. The van der Waals surface area contributed by atoms with Gasteiger partial charge in [0.2, 0.25) is 0 Å². The molecular weight excluding hydrogens is 190 g/mol. The molecule has 0 radical (unpaired) electrons. The number of likely N-dealkylation sites (N-methyl/N-ethyl adjacent to an activating group) is 1. The topological polar surface area (TPSA) is 12.0 Å². The third-order valence-corrected chi connectivity index (χ3v) is 5.08. The molecule has 1 spiro atoms. The van der Waals surface area contributed by atoms with Crippen LogP contribution < -0.4 is 5.32 Å². The number of nitrogens with one attached hydrogen (secondary N) is 1. The largest absolute Gasteiger partial charge is 0.319 e. The van der Waals surface area contributed by atoms with Gasteiger partial charge in [-0.05, 0) is 31.5 Å². The Morgan fingerprint density at radius 3 is 2.93 bits per heavy atom. The molecule has 1 fully saturated rings. The molecule has 1 aromatic rings. The van der Waals surface area contributed by atoms with Crippen LogP contribution in [0.1, 0.15) is 24.3 Å². The molecule has 1 aliphatic carbocycles. The normalized spacial score (nSPS) is 26.5. The molecule has 1 unspecified atom stereocenters. The molecule has 1 aromatic carbocycles. The highest BCUT2D eigenvalue weighted by molar-refractivity contribution is 8.01. The van der Waals surface area contributed by atoms with E-state index < -0.39 is 0 Å². The van der Waals surface area contributed by atoms with Crippen LogP contribution in [0.4, 0.5) is 0 Å². The Bertz CT molecular complexity index is 357. The summed E-state index contributed by atoms with van der Waals surface area (Å²) in [6.45, 7) is 1.13. The number of fused-ring (bicyclic) bond motifs is 1. The molecular formula is C12H15NS. The monoisotopic (exact) mass is 205 g/mol. The number of hydrogen-bond acceptors (Lipinski definition) is 2. The zero-order valence-corrected chi connectivity index (χ0v) is 9.23. The summed E-state index contributed by atoms with van der Waals surface area (Å²) in [5.41, 5.74) is 1.57. The molecule has 3 rings (SSSR count). The first-order valence-electron chi connectivity index (χ1n) is 5.28. The number of hydrogen-bond donors (Lipinski definition) is 1. The lowest BCUT2D eigenvalue weighted by molar-refractivity contribution is 0.602. The molecule has 1 aliphatic heterocycles. The first-order valence-corrected chi connectivity index (χ1v) is 6.10. The SMILES string of the molecule is CNCC1c2ccccc2SC12CC2. The second kappa shape index (κ2) is 3.01. The summed E-state index contributed by atoms with van der Waals surface area (Å²) in [4.78, 5) is 1.52. The second-order valence-corrected chi connectivity index (χ2v) is 5.77. The van der Waals surface area contributed by atoms with E-state index in [-0.39, 0.29) is 0 Å². The van der Waals surface area contributed by atoms with E-state index in [0.29, 0.717) is 4.75 Å². The molecule has 1 N–H and O–H groups in total. The number of thioether (sulfide) groups is 1. The highest BCUT2D eigenvalue weighted by Gasteiger charge is 2.54. The minimum Gasteiger partial charge on any atom is -0.319 e. The summed E-state index contributed by atoms with van der Waals surface area (Å²) in [7, 11) is 2.06. The van der Waals surface area contributed by atoms with E-state index in [9.17, 15) is 0 Å². The molecule has 1 atom stereocenters. The van der Waals surface area contributed by atoms with Gasteiger partial charge in [-0.2, -0.15) is 0 Å². The number of benzene rings is 1. The second-order valence-electron chi connectivity index (χ2n) is 4.31. The molecule has 0 bridgehead atoms. The standard InChI is InChI=1S/C12H15NS/c1-13-8-10-9-4-2-3-5-11(9)14-12(10)6-7-12/h2-5,10,13H,6-8H2,1H3. The summed E-state index contributed by atoms with van der Waals surface area (Å²) in [6.07, 6.45) is 2.80. The van der Waals surface area contributed by atoms with Crippen molar-refractivity contribution in [2.75, 3.05) is 13.6 Å². The van der Waals surface area contributed by atoms with E-state index in [0.717, 1.165) is 12.5 Å². The zero-order valence-electron chi connectivity index (χ0n) is 8.42. The van der Waals surface area contributed by atoms with Gasteiger partial charge in [-0.15, -0.1) is 11.8 Å². The van der Waals surface area contributed by atoms with Crippen LogP contribution in [0, 0.1) is 0 Å². The van der Waals surface area contributed by atoms with Crippen molar-refractivity contribution in [1.82, 2.24) is 5.32 Å². The van der Waals surface area contributed by atoms with E-state index in [1.807, 2.05) is 0 Å². The van der Waals surface area contributed by atoms with Crippen LogP contribution in [-0.4, -0.2) is 18.3 Å². The molecule has 0 saturated heterocycles. The minimum absolute atomic E-state index is 0.576. The summed E-state index contributed by atoms with van der Waals surface area (Å²) in [5.74, 6) is 0.744. The van der Waals surface area contributed by atoms with Gasteiger partial charge in [0.25, 0.3) is 0 Å². The van der Waals surface area contributed by atoms with Gasteiger partial charge < -0.3 is 5.32 Å². The fourth-order valence-electron chi connectivity index (χ4n) is 2.51. The number of rotatable bonds is 2. The van der Waals surface area contributed by atoms with Gasteiger partial charge in [-0.25, -0.2) is 0 Å². The van der Waals surface area contributed by atoms with Gasteiger partial charge in [-0.3, -0.25) is 0 Å². The third-order valence-electron chi connectivity index (χ3n) is 3.39. The van der Waals surface area contributed by atoms with E-state index in [1.54, 1.807) is 5.56 Å². The first kappa shape index (κ1) is 8.81. The molecule has 74 valence electrons.